The molecule has 5 atom stereocenters. The van der Waals surface area contributed by atoms with Gasteiger partial charge in [0.05, 0.1) is 4.88 Å². The van der Waals surface area contributed by atoms with Gasteiger partial charge < -0.3 is 29.8 Å². The van der Waals surface area contributed by atoms with Gasteiger partial charge in [-0.25, -0.2) is 4.39 Å². The van der Waals surface area contributed by atoms with E-state index in [0.29, 0.717) is 46.8 Å². The summed E-state index contributed by atoms with van der Waals surface area (Å²) in [5.41, 5.74) is 2.21. The molecule has 0 aliphatic carbocycles. The van der Waals surface area contributed by atoms with Gasteiger partial charge in [0.2, 0.25) is 17.7 Å². The average Bonchev–Trinajstić information content (AvgIpc) is 3.63. The molecule has 11 nitrogen and oxygen atoms in total. The van der Waals surface area contributed by atoms with Crippen molar-refractivity contribution in [1.29, 1.82) is 0 Å². The second-order valence-electron chi connectivity index (χ2n) is 13.7. The second kappa shape index (κ2) is 13.2. The Bertz CT molecular complexity index is 1770. The van der Waals surface area contributed by atoms with Gasteiger partial charge in [-0.05, 0) is 79.7 Å². The molecule has 6 heterocycles. The molecule has 0 spiro atoms. The summed E-state index contributed by atoms with van der Waals surface area (Å²) in [6, 6.07) is 6.36. The number of nitrogens with one attached hydrogen (secondary N) is 1. The van der Waals surface area contributed by atoms with Gasteiger partial charge in [0, 0.05) is 66.5 Å². The van der Waals surface area contributed by atoms with E-state index in [4.69, 9.17) is 0 Å². The van der Waals surface area contributed by atoms with E-state index in [1.807, 2.05) is 17.3 Å². The second-order valence-corrected chi connectivity index (χ2v) is 16.4. The van der Waals surface area contributed by atoms with Crippen LogP contribution in [-0.4, -0.2) is 86.6 Å². The van der Waals surface area contributed by atoms with E-state index >= 15 is 0 Å². The SMILES string of the molecule is CC[C@H]1CC[C@H](NC(=O)c2cc3cc([C@H](F)P(=O)(O)O)ccc3s2)C(=O)N2[C@H](CC[C@H]2C(=O)N2CC(c3cnccc3N3CCC3)C2)C1. The first-order valence-corrected chi connectivity index (χ1v) is 19.3. The monoisotopic (exact) mass is 697 g/mol. The maximum atomic E-state index is 14.3. The lowest BCUT2D eigenvalue weighted by atomic mass is 9.87. The number of hydrogen-bond acceptors (Lipinski definition) is 7. The minimum Gasteiger partial charge on any atom is -0.371 e. The van der Waals surface area contributed by atoms with Crippen molar-refractivity contribution in [2.45, 2.75) is 81.8 Å². The number of likely N-dealkylation sites (tertiary alicyclic amines) is 1. The normalized spacial score (nSPS) is 25.6. The summed E-state index contributed by atoms with van der Waals surface area (Å²) in [5.74, 6) is -2.59. The molecule has 1 aromatic carbocycles. The summed E-state index contributed by atoms with van der Waals surface area (Å²) >= 11 is 1.16. The Morgan fingerprint density at radius 1 is 1.12 bits per heavy atom. The highest BCUT2D eigenvalue weighted by Crippen LogP contribution is 2.53. The number of nitrogens with zero attached hydrogens (tertiary/aromatic N) is 4. The van der Waals surface area contributed by atoms with Crippen molar-refractivity contribution < 1.29 is 33.1 Å². The Morgan fingerprint density at radius 3 is 2.62 bits per heavy atom. The molecule has 4 aliphatic rings. The van der Waals surface area contributed by atoms with Crippen molar-refractivity contribution in [2.24, 2.45) is 5.92 Å². The van der Waals surface area contributed by atoms with E-state index in [9.17, 15) is 33.1 Å². The number of amides is 3. The Hall–Kier alpha value is -3.38. The zero-order valence-electron chi connectivity index (χ0n) is 26.8. The van der Waals surface area contributed by atoms with E-state index < -0.39 is 31.5 Å². The molecule has 3 aromatic rings. The number of carbonyl (C=O) groups excluding carboxylic acids is 3. The Labute approximate surface area is 282 Å². The maximum Gasteiger partial charge on any atom is 0.363 e. The number of fused-ring (bicyclic) bond motifs is 2. The molecular weight excluding hydrogens is 656 g/mol. The fourth-order valence-corrected chi connectivity index (χ4v) is 9.27. The highest BCUT2D eigenvalue weighted by molar-refractivity contribution is 7.51. The van der Waals surface area contributed by atoms with E-state index in [1.54, 1.807) is 11.0 Å². The quantitative estimate of drug-likeness (QED) is 0.281. The summed E-state index contributed by atoms with van der Waals surface area (Å²) < 4.78 is 26.4. The minimum atomic E-state index is -4.98. The number of hydrogen-bond donors (Lipinski definition) is 3. The lowest BCUT2D eigenvalue weighted by molar-refractivity contribution is -0.150. The predicted octanol–water partition coefficient (Wildman–Crippen LogP) is 4.95. The van der Waals surface area contributed by atoms with E-state index in [2.05, 4.69) is 28.2 Å². The molecule has 4 fully saturated rings. The summed E-state index contributed by atoms with van der Waals surface area (Å²) in [4.78, 5) is 70.9. The van der Waals surface area contributed by atoms with Crippen LogP contribution in [0.25, 0.3) is 10.1 Å². The number of halogens is 1. The molecule has 48 heavy (non-hydrogen) atoms. The number of carbonyl (C=O) groups is 3. The third-order valence-corrected chi connectivity index (χ3v) is 12.7. The zero-order chi connectivity index (χ0) is 33.7. The predicted molar refractivity (Wildman–Crippen MR) is 181 cm³/mol. The molecule has 7 rings (SSSR count). The number of anilines is 1. The first-order chi connectivity index (χ1) is 23.0. The van der Waals surface area contributed by atoms with Crippen LogP contribution >= 0.6 is 18.9 Å². The van der Waals surface area contributed by atoms with Crippen molar-refractivity contribution in [3.63, 3.8) is 0 Å². The van der Waals surface area contributed by atoms with Gasteiger partial charge in [0.15, 0.2) is 0 Å². The van der Waals surface area contributed by atoms with Gasteiger partial charge in [-0.1, -0.05) is 19.4 Å². The van der Waals surface area contributed by atoms with E-state index in [-0.39, 0.29) is 29.3 Å². The van der Waals surface area contributed by atoms with Crippen LogP contribution in [0.4, 0.5) is 10.1 Å². The fraction of sp³-hybridized carbons (Fsp3) is 0.529. The number of pyridine rings is 1. The van der Waals surface area contributed by atoms with Gasteiger partial charge in [0.1, 0.15) is 12.1 Å². The molecule has 0 radical (unpaired) electrons. The number of alkyl halides is 1. The van der Waals surface area contributed by atoms with Crippen molar-refractivity contribution in [2.75, 3.05) is 31.1 Å². The standard InChI is InChI=1S/C34H41FN5O6PS/c1-2-20-4-7-26(37-32(41)30-16-22-15-21(5-9-29(22)48-30)31(35)47(44,45)46)33(42)40-24(14-20)6-8-28(40)34(43)39-18-23(19-39)25-17-36-11-10-27(25)38-12-3-13-38/h5,9-11,15-17,20,23-24,26,28,31H,2-4,6-8,12-14,18-19H2,1H3,(H,37,41)(H2,44,45,46)/t20-,24+,26-,28-,31+/m0/s1. The maximum absolute atomic E-state index is 14.3. The number of benzene rings is 1. The molecule has 0 unspecified atom stereocenters. The Morgan fingerprint density at radius 2 is 1.92 bits per heavy atom. The van der Waals surface area contributed by atoms with Gasteiger partial charge in [0.25, 0.3) is 5.91 Å². The molecule has 3 N–H and O–H groups in total. The first-order valence-electron chi connectivity index (χ1n) is 16.8. The van der Waals surface area contributed by atoms with Crippen LogP contribution in [0.2, 0.25) is 0 Å². The van der Waals surface area contributed by atoms with Crippen molar-refractivity contribution in [3.8, 4) is 0 Å². The van der Waals surface area contributed by atoms with Gasteiger partial charge in [-0.3, -0.25) is 23.9 Å². The lowest BCUT2D eigenvalue weighted by Crippen LogP contribution is -2.60. The zero-order valence-corrected chi connectivity index (χ0v) is 28.5. The third kappa shape index (κ3) is 6.26. The Balaban J connectivity index is 1.06. The lowest BCUT2D eigenvalue weighted by Gasteiger charge is -2.45. The van der Waals surface area contributed by atoms with Gasteiger partial charge in [-0.2, -0.15) is 0 Å². The highest BCUT2D eigenvalue weighted by atomic mass is 32.1. The Kier molecular flexibility index (Phi) is 9.08. The molecule has 4 aliphatic heterocycles. The van der Waals surface area contributed by atoms with Crippen LogP contribution in [-0.2, 0) is 14.2 Å². The molecule has 3 amide bonds. The minimum absolute atomic E-state index is 0.0306. The van der Waals surface area contributed by atoms with Gasteiger partial charge >= 0.3 is 7.60 Å². The van der Waals surface area contributed by atoms with Crippen LogP contribution in [0.5, 0.6) is 0 Å². The van der Waals surface area contributed by atoms with Crippen molar-refractivity contribution >= 4 is 52.4 Å². The summed E-state index contributed by atoms with van der Waals surface area (Å²) in [6.45, 7) is 5.39. The van der Waals surface area contributed by atoms with Crippen LogP contribution in [0.15, 0.2) is 42.7 Å². The highest BCUT2D eigenvalue weighted by Gasteiger charge is 2.48. The van der Waals surface area contributed by atoms with Crippen LogP contribution in [0.1, 0.15) is 84.5 Å². The molecule has 0 bridgehead atoms. The van der Waals surface area contributed by atoms with Crippen molar-refractivity contribution in [3.05, 3.63) is 58.7 Å². The van der Waals surface area contributed by atoms with Crippen LogP contribution in [0, 0.1) is 5.92 Å². The molecule has 4 saturated heterocycles. The van der Waals surface area contributed by atoms with E-state index in [1.165, 1.54) is 35.9 Å². The summed E-state index contributed by atoms with van der Waals surface area (Å²) in [6.07, 6.45) is 9.29. The smallest absolute Gasteiger partial charge is 0.363 e. The molecule has 256 valence electrons. The fourth-order valence-electron chi connectivity index (χ4n) is 7.77. The molecule has 2 aromatic heterocycles. The summed E-state index contributed by atoms with van der Waals surface area (Å²) in [7, 11) is -4.98. The van der Waals surface area contributed by atoms with E-state index in [0.717, 1.165) is 50.1 Å². The van der Waals surface area contributed by atoms with Gasteiger partial charge in [-0.15, -0.1) is 11.3 Å². The van der Waals surface area contributed by atoms with Crippen LogP contribution < -0.4 is 10.2 Å². The summed E-state index contributed by atoms with van der Waals surface area (Å²) in [5, 5.41) is 3.43. The van der Waals surface area contributed by atoms with Crippen molar-refractivity contribution in [1.82, 2.24) is 20.1 Å². The van der Waals surface area contributed by atoms with Crippen LogP contribution in [0.3, 0.4) is 0 Å². The largest absolute Gasteiger partial charge is 0.371 e. The average molecular weight is 698 g/mol. The number of thiophene rings is 1. The molecule has 0 saturated carbocycles. The molecular formula is C34H41FN5O6PS. The first kappa shape index (κ1) is 33.1. The number of aromatic nitrogens is 1. The number of rotatable bonds is 8. The third-order valence-electron chi connectivity index (χ3n) is 10.7. The molecule has 14 heteroatoms. The topological polar surface area (TPSA) is 143 Å².